The van der Waals surface area contributed by atoms with E-state index in [1.165, 1.54) is 0 Å². The lowest BCUT2D eigenvalue weighted by atomic mass is 10.1. The van der Waals surface area contributed by atoms with Gasteiger partial charge in [-0.2, -0.15) is 0 Å². The summed E-state index contributed by atoms with van der Waals surface area (Å²) in [4.78, 5) is 21.7. The molecular formula is C18H26N6O2. The Bertz CT molecular complexity index is 690. The first kappa shape index (κ1) is 18.5. The van der Waals surface area contributed by atoms with Gasteiger partial charge < -0.3 is 20.0 Å². The van der Waals surface area contributed by atoms with Crippen LogP contribution in [-0.2, 0) is 0 Å². The van der Waals surface area contributed by atoms with Crippen molar-refractivity contribution < 1.29 is 10.2 Å². The molecule has 2 aromatic heterocycles. The van der Waals surface area contributed by atoms with Crippen LogP contribution >= 0.6 is 0 Å². The highest BCUT2D eigenvalue weighted by Gasteiger charge is 2.31. The second kappa shape index (κ2) is 7.51. The summed E-state index contributed by atoms with van der Waals surface area (Å²) >= 11 is 0. The van der Waals surface area contributed by atoms with Gasteiger partial charge in [0.25, 0.3) is 0 Å². The molecule has 0 aromatic carbocycles. The predicted molar refractivity (Wildman–Crippen MR) is 98.9 cm³/mol. The molecule has 140 valence electrons. The summed E-state index contributed by atoms with van der Waals surface area (Å²) < 4.78 is 0. The summed E-state index contributed by atoms with van der Waals surface area (Å²) in [5, 5.41) is 19.5. The van der Waals surface area contributed by atoms with Crippen molar-refractivity contribution in [1.29, 1.82) is 0 Å². The van der Waals surface area contributed by atoms with Crippen molar-refractivity contribution in [2.45, 2.75) is 52.0 Å². The number of aliphatic hydroxyl groups excluding tert-OH is 2. The summed E-state index contributed by atoms with van der Waals surface area (Å²) in [6.07, 6.45) is 1.99. The molecule has 0 saturated carbocycles. The Morgan fingerprint density at radius 3 is 1.58 bits per heavy atom. The minimum atomic E-state index is -0.691. The quantitative estimate of drug-likeness (QED) is 0.848. The van der Waals surface area contributed by atoms with Gasteiger partial charge in [-0.3, -0.25) is 0 Å². The fourth-order valence-electron chi connectivity index (χ4n) is 3.22. The Balaban J connectivity index is 1.81. The summed E-state index contributed by atoms with van der Waals surface area (Å²) in [7, 11) is 0. The van der Waals surface area contributed by atoms with Gasteiger partial charge in [-0.1, -0.05) is 0 Å². The second-order valence-corrected chi connectivity index (χ2v) is 6.90. The van der Waals surface area contributed by atoms with Crippen molar-refractivity contribution in [2.75, 3.05) is 22.9 Å². The molecule has 3 heterocycles. The molecule has 2 N–H and O–H groups in total. The molecule has 1 saturated heterocycles. The summed E-state index contributed by atoms with van der Waals surface area (Å²) in [5.74, 6) is 2.51. The van der Waals surface area contributed by atoms with Gasteiger partial charge in [-0.25, -0.2) is 19.9 Å². The Morgan fingerprint density at radius 1 is 0.846 bits per heavy atom. The highest BCUT2D eigenvalue weighted by molar-refractivity contribution is 5.47. The zero-order valence-corrected chi connectivity index (χ0v) is 15.6. The molecule has 1 fully saturated rings. The van der Waals surface area contributed by atoms with Crippen molar-refractivity contribution >= 4 is 11.6 Å². The largest absolute Gasteiger partial charge is 0.385 e. The van der Waals surface area contributed by atoms with E-state index in [9.17, 15) is 10.2 Å². The van der Waals surface area contributed by atoms with Gasteiger partial charge in [-0.15, -0.1) is 0 Å². The third-order valence-corrected chi connectivity index (χ3v) is 4.64. The number of hydrogen-bond acceptors (Lipinski definition) is 8. The van der Waals surface area contributed by atoms with Crippen LogP contribution in [0, 0.1) is 0 Å². The number of piperazine rings is 1. The maximum atomic E-state index is 9.74. The van der Waals surface area contributed by atoms with E-state index in [-0.39, 0.29) is 12.1 Å². The number of rotatable bonds is 4. The van der Waals surface area contributed by atoms with Crippen LogP contribution in [0.2, 0.25) is 0 Å². The van der Waals surface area contributed by atoms with E-state index < -0.39 is 12.2 Å². The minimum Gasteiger partial charge on any atom is -0.385 e. The zero-order valence-electron chi connectivity index (χ0n) is 15.6. The molecule has 2 aromatic rings. The van der Waals surface area contributed by atoms with Crippen molar-refractivity contribution in [2.24, 2.45) is 0 Å². The van der Waals surface area contributed by atoms with Gasteiger partial charge in [0.05, 0.1) is 0 Å². The molecule has 8 heteroatoms. The highest BCUT2D eigenvalue weighted by atomic mass is 16.3. The zero-order chi connectivity index (χ0) is 18.8. The Kier molecular flexibility index (Phi) is 5.33. The molecule has 4 unspecified atom stereocenters. The second-order valence-electron chi connectivity index (χ2n) is 6.90. The van der Waals surface area contributed by atoms with Crippen molar-refractivity contribution in [1.82, 2.24) is 19.9 Å². The lowest BCUT2D eigenvalue weighted by Gasteiger charge is -2.45. The van der Waals surface area contributed by atoms with Crippen LogP contribution in [0.1, 0.15) is 51.6 Å². The molecule has 8 nitrogen and oxygen atoms in total. The molecule has 4 atom stereocenters. The van der Waals surface area contributed by atoms with Crippen molar-refractivity contribution in [3.63, 3.8) is 0 Å². The van der Waals surface area contributed by atoms with Crippen LogP contribution in [-0.4, -0.2) is 55.3 Å². The number of aliphatic hydroxyl groups is 2. The molecular weight excluding hydrogens is 332 g/mol. The Morgan fingerprint density at radius 2 is 1.23 bits per heavy atom. The summed E-state index contributed by atoms with van der Waals surface area (Å²) in [6, 6.07) is 4.16. The maximum Gasteiger partial charge on any atom is 0.158 e. The fourth-order valence-corrected chi connectivity index (χ4v) is 3.22. The maximum absolute atomic E-state index is 9.74. The topological polar surface area (TPSA) is 98.5 Å². The van der Waals surface area contributed by atoms with Crippen LogP contribution in [0.4, 0.5) is 11.6 Å². The molecule has 1 aliphatic rings. The fraction of sp³-hybridized carbons (Fsp3) is 0.556. The van der Waals surface area contributed by atoms with E-state index in [1.54, 1.807) is 26.2 Å². The molecule has 1 aliphatic heterocycles. The number of hydrogen-bond donors (Lipinski definition) is 2. The van der Waals surface area contributed by atoms with Gasteiger partial charge in [0.2, 0.25) is 0 Å². The van der Waals surface area contributed by atoms with Crippen molar-refractivity contribution in [3.8, 4) is 0 Å². The molecule has 0 spiro atoms. The Labute approximate surface area is 153 Å². The standard InChI is InChI=1S/C18H26N6O2/c1-11-9-24(16-6-8-20-18(22-16)14(4)26)12(2)10-23(11)15-5-7-19-17(21-15)13(3)25/h5-8,11-14,25-26H,9-10H2,1-4H3. The van der Waals surface area contributed by atoms with Gasteiger partial charge >= 0.3 is 0 Å². The van der Waals surface area contributed by atoms with E-state index in [1.807, 2.05) is 12.1 Å². The number of nitrogens with zero attached hydrogens (tertiary/aromatic N) is 6. The molecule has 0 bridgehead atoms. The van der Waals surface area contributed by atoms with E-state index >= 15 is 0 Å². The first-order valence-electron chi connectivity index (χ1n) is 8.92. The number of aromatic nitrogens is 4. The summed E-state index contributed by atoms with van der Waals surface area (Å²) in [6.45, 7) is 9.15. The Hall–Kier alpha value is -2.32. The summed E-state index contributed by atoms with van der Waals surface area (Å²) in [5.41, 5.74) is 0. The molecule has 3 rings (SSSR count). The normalized spacial score (nSPS) is 23.0. The van der Waals surface area contributed by atoms with Crippen LogP contribution in [0.15, 0.2) is 24.5 Å². The lowest BCUT2D eigenvalue weighted by Crippen LogP contribution is -2.57. The van der Waals surface area contributed by atoms with E-state index in [2.05, 4.69) is 43.6 Å². The van der Waals surface area contributed by atoms with Gasteiger partial charge in [0, 0.05) is 37.6 Å². The van der Waals surface area contributed by atoms with Gasteiger partial charge in [-0.05, 0) is 39.8 Å². The number of anilines is 2. The molecule has 0 aliphatic carbocycles. The average molecular weight is 358 g/mol. The first-order valence-corrected chi connectivity index (χ1v) is 8.92. The highest BCUT2D eigenvalue weighted by Crippen LogP contribution is 2.26. The first-order chi connectivity index (χ1) is 12.4. The monoisotopic (exact) mass is 358 g/mol. The van der Waals surface area contributed by atoms with Gasteiger partial charge in [0.15, 0.2) is 11.6 Å². The SMILES string of the molecule is CC(O)c1nccc(N2CC(C)N(c3ccnc(C(C)O)n3)CC2C)n1. The molecule has 0 amide bonds. The molecule has 0 radical (unpaired) electrons. The van der Waals surface area contributed by atoms with Crippen LogP contribution in [0.25, 0.3) is 0 Å². The van der Waals surface area contributed by atoms with Crippen LogP contribution in [0.5, 0.6) is 0 Å². The third-order valence-electron chi connectivity index (χ3n) is 4.64. The van der Waals surface area contributed by atoms with Gasteiger partial charge in [0.1, 0.15) is 23.8 Å². The smallest absolute Gasteiger partial charge is 0.158 e. The predicted octanol–water partition coefficient (Wildman–Crippen LogP) is 1.48. The van der Waals surface area contributed by atoms with Crippen LogP contribution < -0.4 is 9.80 Å². The van der Waals surface area contributed by atoms with E-state index in [4.69, 9.17) is 0 Å². The van der Waals surface area contributed by atoms with E-state index in [0.29, 0.717) is 11.6 Å². The minimum absolute atomic E-state index is 0.202. The lowest BCUT2D eigenvalue weighted by molar-refractivity contribution is 0.188. The van der Waals surface area contributed by atoms with Crippen molar-refractivity contribution in [3.05, 3.63) is 36.2 Å². The van der Waals surface area contributed by atoms with E-state index in [0.717, 1.165) is 24.7 Å². The molecule has 26 heavy (non-hydrogen) atoms. The third kappa shape index (κ3) is 3.76. The van der Waals surface area contributed by atoms with Crippen LogP contribution in [0.3, 0.4) is 0 Å². The average Bonchev–Trinajstić information content (AvgIpc) is 2.63.